The summed E-state index contributed by atoms with van der Waals surface area (Å²) in [4.78, 5) is 24.7. The highest BCUT2D eigenvalue weighted by molar-refractivity contribution is 5.99. The molecule has 6 nitrogen and oxygen atoms in total. The lowest BCUT2D eigenvalue weighted by Gasteiger charge is -2.28. The van der Waals surface area contributed by atoms with E-state index in [0.717, 1.165) is 12.8 Å². The van der Waals surface area contributed by atoms with Crippen molar-refractivity contribution in [3.8, 4) is 5.75 Å². The summed E-state index contributed by atoms with van der Waals surface area (Å²) >= 11 is 0. The molecule has 1 N–H and O–H groups in total. The van der Waals surface area contributed by atoms with Gasteiger partial charge in [0, 0.05) is 12.8 Å². The molecule has 0 bridgehead atoms. The smallest absolute Gasteiger partial charge is 0.341 e. The van der Waals surface area contributed by atoms with Crippen LogP contribution in [0, 0.1) is 5.92 Å². The number of ether oxygens (including phenoxy) is 3. The van der Waals surface area contributed by atoms with Gasteiger partial charge in [0.15, 0.2) is 0 Å². The third-order valence-electron chi connectivity index (χ3n) is 4.13. The Kier molecular flexibility index (Phi) is 8.58. The van der Waals surface area contributed by atoms with Crippen LogP contribution in [-0.4, -0.2) is 38.3 Å². The molecule has 0 aromatic heterocycles. The average molecular weight is 365 g/mol. The number of hydrogen-bond acceptors (Lipinski definition) is 5. The van der Waals surface area contributed by atoms with Gasteiger partial charge in [0.05, 0.1) is 13.7 Å². The maximum atomic E-state index is 12.7. The van der Waals surface area contributed by atoms with Crippen LogP contribution in [0.3, 0.4) is 0 Å². The van der Waals surface area contributed by atoms with Crippen LogP contribution < -0.4 is 10.1 Å². The molecule has 0 saturated carbocycles. The summed E-state index contributed by atoms with van der Waals surface area (Å²) in [5.74, 6) is -0.0286. The zero-order valence-electron chi connectivity index (χ0n) is 16.7. The van der Waals surface area contributed by atoms with Crippen LogP contribution in [0.4, 0.5) is 5.69 Å². The molecule has 1 aromatic rings. The third-order valence-corrected chi connectivity index (χ3v) is 4.13. The second-order valence-electron chi connectivity index (χ2n) is 6.89. The summed E-state index contributed by atoms with van der Waals surface area (Å²) in [6.07, 6.45) is 2.46. The molecule has 1 atom stereocenters. The SMILES string of the molecule is CCCCOc1ccc(NC(=O)C(C)(CC(C)C)OC)cc1C(=O)OC. The monoisotopic (exact) mass is 365 g/mol. The molecule has 0 saturated heterocycles. The molecule has 0 aliphatic rings. The van der Waals surface area contributed by atoms with E-state index in [1.165, 1.54) is 14.2 Å². The van der Waals surface area contributed by atoms with Crippen molar-refractivity contribution >= 4 is 17.6 Å². The van der Waals surface area contributed by atoms with Gasteiger partial charge in [0.2, 0.25) is 0 Å². The number of benzene rings is 1. The van der Waals surface area contributed by atoms with Gasteiger partial charge < -0.3 is 19.5 Å². The van der Waals surface area contributed by atoms with Crippen molar-refractivity contribution < 1.29 is 23.8 Å². The number of methoxy groups -OCH3 is 2. The van der Waals surface area contributed by atoms with Gasteiger partial charge >= 0.3 is 5.97 Å². The molecular weight excluding hydrogens is 334 g/mol. The van der Waals surface area contributed by atoms with E-state index in [9.17, 15) is 9.59 Å². The Hall–Kier alpha value is -2.08. The van der Waals surface area contributed by atoms with Crippen LogP contribution in [0.1, 0.15) is 57.3 Å². The fraction of sp³-hybridized carbons (Fsp3) is 0.600. The van der Waals surface area contributed by atoms with E-state index in [4.69, 9.17) is 14.2 Å². The summed E-state index contributed by atoms with van der Waals surface area (Å²) in [5.41, 5.74) is -0.176. The Balaban J connectivity index is 3.02. The molecule has 0 radical (unpaired) electrons. The number of anilines is 1. The number of carbonyl (C=O) groups excluding carboxylic acids is 2. The van der Waals surface area contributed by atoms with Crippen LogP contribution >= 0.6 is 0 Å². The molecule has 1 aromatic carbocycles. The molecule has 6 heteroatoms. The Bertz CT molecular complexity index is 614. The van der Waals surface area contributed by atoms with Crippen LogP contribution in [-0.2, 0) is 14.3 Å². The van der Waals surface area contributed by atoms with Crippen molar-refractivity contribution in [3.05, 3.63) is 23.8 Å². The Morgan fingerprint density at radius 2 is 1.92 bits per heavy atom. The number of esters is 1. The minimum atomic E-state index is -0.949. The van der Waals surface area contributed by atoms with Crippen molar-refractivity contribution in [2.75, 3.05) is 26.1 Å². The van der Waals surface area contributed by atoms with Gasteiger partial charge in [-0.05, 0) is 43.9 Å². The second-order valence-corrected chi connectivity index (χ2v) is 6.89. The Labute approximate surface area is 156 Å². The highest BCUT2D eigenvalue weighted by Crippen LogP contribution is 2.27. The molecule has 0 heterocycles. The van der Waals surface area contributed by atoms with Crippen molar-refractivity contribution in [3.63, 3.8) is 0 Å². The van der Waals surface area contributed by atoms with Gasteiger partial charge in [-0.15, -0.1) is 0 Å². The minimum Gasteiger partial charge on any atom is -0.493 e. The van der Waals surface area contributed by atoms with Crippen LogP contribution in [0.25, 0.3) is 0 Å². The van der Waals surface area contributed by atoms with Gasteiger partial charge in [0.25, 0.3) is 5.91 Å². The number of unbranched alkanes of at least 4 members (excludes halogenated alkanes) is 1. The lowest BCUT2D eigenvalue weighted by atomic mass is 9.93. The number of nitrogens with one attached hydrogen (secondary N) is 1. The van der Waals surface area contributed by atoms with Gasteiger partial charge in [-0.1, -0.05) is 27.2 Å². The number of hydrogen-bond donors (Lipinski definition) is 1. The van der Waals surface area contributed by atoms with E-state index in [1.54, 1.807) is 25.1 Å². The third kappa shape index (κ3) is 6.02. The lowest BCUT2D eigenvalue weighted by molar-refractivity contribution is -0.137. The molecule has 0 fully saturated rings. The predicted octanol–water partition coefficient (Wildman–Crippen LogP) is 4.04. The van der Waals surface area contributed by atoms with Gasteiger partial charge in [-0.25, -0.2) is 4.79 Å². The molecule has 0 aliphatic heterocycles. The molecule has 1 unspecified atom stereocenters. The fourth-order valence-corrected chi connectivity index (χ4v) is 2.64. The zero-order chi connectivity index (χ0) is 19.7. The number of carbonyl (C=O) groups is 2. The first-order chi connectivity index (χ1) is 12.3. The summed E-state index contributed by atoms with van der Waals surface area (Å²) in [6.45, 7) is 8.39. The predicted molar refractivity (Wildman–Crippen MR) is 102 cm³/mol. The molecule has 0 aliphatic carbocycles. The highest BCUT2D eigenvalue weighted by atomic mass is 16.5. The van der Waals surface area contributed by atoms with Crippen LogP contribution in [0.2, 0.25) is 0 Å². The first-order valence-corrected chi connectivity index (χ1v) is 8.99. The van der Waals surface area contributed by atoms with E-state index in [0.29, 0.717) is 30.4 Å². The second kappa shape index (κ2) is 10.2. The highest BCUT2D eigenvalue weighted by Gasteiger charge is 2.34. The molecule has 1 amide bonds. The summed E-state index contributed by atoms with van der Waals surface area (Å²) in [7, 11) is 2.83. The minimum absolute atomic E-state index is 0.260. The van der Waals surface area contributed by atoms with Gasteiger partial charge in [-0.2, -0.15) is 0 Å². The van der Waals surface area contributed by atoms with Crippen LogP contribution in [0.5, 0.6) is 5.75 Å². The van der Waals surface area contributed by atoms with E-state index >= 15 is 0 Å². The van der Waals surface area contributed by atoms with Crippen LogP contribution in [0.15, 0.2) is 18.2 Å². The summed E-state index contributed by atoms with van der Waals surface area (Å²) < 4.78 is 15.9. The summed E-state index contributed by atoms with van der Waals surface area (Å²) in [5, 5.41) is 2.83. The normalized spacial score (nSPS) is 13.2. The summed E-state index contributed by atoms with van der Waals surface area (Å²) in [6, 6.07) is 4.94. The van der Waals surface area contributed by atoms with Gasteiger partial charge in [-0.3, -0.25) is 4.79 Å². The molecular formula is C20H31NO5. The zero-order valence-corrected chi connectivity index (χ0v) is 16.7. The lowest BCUT2D eigenvalue weighted by Crippen LogP contribution is -2.43. The van der Waals surface area contributed by atoms with Crippen molar-refractivity contribution in [1.29, 1.82) is 0 Å². The fourth-order valence-electron chi connectivity index (χ4n) is 2.64. The van der Waals surface area contributed by atoms with Crippen molar-refractivity contribution in [2.45, 2.75) is 52.6 Å². The Morgan fingerprint density at radius 1 is 1.23 bits per heavy atom. The van der Waals surface area contributed by atoms with E-state index in [2.05, 4.69) is 12.2 Å². The molecule has 26 heavy (non-hydrogen) atoms. The first-order valence-electron chi connectivity index (χ1n) is 8.99. The topological polar surface area (TPSA) is 73.9 Å². The van der Waals surface area contributed by atoms with E-state index in [-0.39, 0.29) is 11.5 Å². The van der Waals surface area contributed by atoms with Gasteiger partial charge in [0.1, 0.15) is 16.9 Å². The average Bonchev–Trinajstić information content (AvgIpc) is 2.61. The molecule has 146 valence electrons. The quantitative estimate of drug-likeness (QED) is 0.500. The standard InChI is InChI=1S/C20H31NO5/c1-7-8-11-26-17-10-9-15(12-16(17)18(22)24-5)21-19(23)20(4,25-6)13-14(2)3/h9-10,12,14H,7-8,11,13H2,1-6H3,(H,21,23). The number of rotatable bonds is 10. The number of amides is 1. The van der Waals surface area contributed by atoms with E-state index in [1.807, 2.05) is 13.8 Å². The maximum Gasteiger partial charge on any atom is 0.341 e. The maximum absolute atomic E-state index is 12.7. The van der Waals surface area contributed by atoms with Crippen molar-refractivity contribution in [2.24, 2.45) is 5.92 Å². The van der Waals surface area contributed by atoms with Crippen molar-refractivity contribution in [1.82, 2.24) is 0 Å². The van der Waals surface area contributed by atoms with E-state index < -0.39 is 11.6 Å². The Morgan fingerprint density at radius 3 is 2.46 bits per heavy atom. The molecule has 0 spiro atoms. The largest absolute Gasteiger partial charge is 0.493 e. The first kappa shape index (κ1) is 22.0. The molecule has 1 rings (SSSR count).